The Morgan fingerprint density at radius 1 is 1.50 bits per heavy atom. The number of halogens is 1. The number of hydrogen-bond acceptors (Lipinski definition) is 2. The van der Waals surface area contributed by atoms with Gasteiger partial charge in [-0.15, -0.1) is 0 Å². The second-order valence-corrected chi connectivity index (χ2v) is 5.98. The van der Waals surface area contributed by atoms with Gasteiger partial charge in [0.15, 0.2) is 0 Å². The molecular weight excluding hydrogens is 290 g/mol. The highest BCUT2D eigenvalue weighted by molar-refractivity contribution is 9.10. The predicted molar refractivity (Wildman–Crippen MR) is 78.7 cm³/mol. The summed E-state index contributed by atoms with van der Waals surface area (Å²) in [5, 5.41) is 3.73. The van der Waals surface area contributed by atoms with E-state index in [-0.39, 0.29) is 0 Å². The van der Waals surface area contributed by atoms with Crippen molar-refractivity contribution in [3.05, 3.63) is 34.3 Å². The first-order valence-corrected chi connectivity index (χ1v) is 7.61. The van der Waals surface area contributed by atoms with Crippen molar-refractivity contribution < 1.29 is 4.74 Å². The first-order chi connectivity index (χ1) is 8.69. The molecule has 1 aliphatic rings. The minimum atomic E-state index is 0.392. The Labute approximate surface area is 118 Å². The van der Waals surface area contributed by atoms with E-state index in [0.29, 0.717) is 18.2 Å². The fourth-order valence-electron chi connectivity index (χ4n) is 2.54. The van der Waals surface area contributed by atoms with Gasteiger partial charge in [-0.25, -0.2) is 0 Å². The van der Waals surface area contributed by atoms with Crippen molar-refractivity contribution in [3.8, 4) is 0 Å². The summed E-state index contributed by atoms with van der Waals surface area (Å²) in [5.74, 6) is 0. The van der Waals surface area contributed by atoms with Crippen molar-refractivity contribution in [1.29, 1.82) is 0 Å². The van der Waals surface area contributed by atoms with Crippen LogP contribution in [0.1, 0.15) is 44.7 Å². The topological polar surface area (TPSA) is 21.3 Å². The molecule has 18 heavy (non-hydrogen) atoms. The second-order valence-electron chi connectivity index (χ2n) is 5.07. The van der Waals surface area contributed by atoms with E-state index in [0.717, 1.165) is 30.3 Å². The van der Waals surface area contributed by atoms with Gasteiger partial charge in [0.2, 0.25) is 0 Å². The van der Waals surface area contributed by atoms with Gasteiger partial charge in [-0.1, -0.05) is 35.0 Å². The number of benzene rings is 1. The van der Waals surface area contributed by atoms with Crippen LogP contribution in [0.25, 0.3) is 0 Å². The van der Waals surface area contributed by atoms with E-state index in [1.807, 2.05) is 0 Å². The summed E-state index contributed by atoms with van der Waals surface area (Å²) in [7, 11) is 0. The van der Waals surface area contributed by atoms with Crippen molar-refractivity contribution in [1.82, 2.24) is 5.32 Å². The predicted octanol–water partition coefficient (Wildman–Crippen LogP) is 4.06. The molecule has 0 aliphatic carbocycles. The molecule has 0 radical (unpaired) electrons. The monoisotopic (exact) mass is 311 g/mol. The molecule has 1 aromatic carbocycles. The van der Waals surface area contributed by atoms with Gasteiger partial charge in [-0.3, -0.25) is 0 Å². The zero-order chi connectivity index (χ0) is 13.0. The molecule has 2 rings (SSSR count). The molecule has 1 N–H and O–H groups in total. The lowest BCUT2D eigenvalue weighted by atomic mass is 9.99. The van der Waals surface area contributed by atoms with Gasteiger partial charge in [0.05, 0.1) is 6.10 Å². The Kier molecular flexibility index (Phi) is 5.22. The van der Waals surface area contributed by atoms with E-state index < -0.39 is 0 Å². The zero-order valence-corrected chi connectivity index (χ0v) is 12.7. The molecule has 0 amide bonds. The lowest BCUT2D eigenvalue weighted by Crippen LogP contribution is -2.39. The van der Waals surface area contributed by atoms with Gasteiger partial charge in [0, 0.05) is 23.2 Å². The third-order valence-electron chi connectivity index (χ3n) is 3.66. The van der Waals surface area contributed by atoms with Crippen molar-refractivity contribution in [3.63, 3.8) is 0 Å². The lowest BCUT2D eigenvalue weighted by molar-refractivity contribution is -0.00165. The van der Waals surface area contributed by atoms with Crippen LogP contribution in [0.5, 0.6) is 0 Å². The number of nitrogens with one attached hydrogen (secondary N) is 1. The summed E-state index contributed by atoms with van der Waals surface area (Å²) >= 11 is 3.53. The van der Waals surface area contributed by atoms with Crippen molar-refractivity contribution in [2.24, 2.45) is 0 Å². The molecule has 0 saturated carbocycles. The summed E-state index contributed by atoms with van der Waals surface area (Å²) in [6, 6.07) is 9.50. The molecule has 1 saturated heterocycles. The Balaban J connectivity index is 1.92. The van der Waals surface area contributed by atoms with Crippen LogP contribution in [0.3, 0.4) is 0 Å². The molecule has 3 heteroatoms. The molecule has 100 valence electrons. The van der Waals surface area contributed by atoms with E-state index in [2.05, 4.69) is 59.4 Å². The minimum Gasteiger partial charge on any atom is -0.378 e. The molecule has 2 nitrogen and oxygen atoms in total. The summed E-state index contributed by atoms with van der Waals surface area (Å²) in [6.07, 6.45) is 3.80. The SMILES string of the molecule is CCC1CC(NC(C)c2cccc(Br)c2)CCO1. The first kappa shape index (κ1) is 14.0. The van der Waals surface area contributed by atoms with Gasteiger partial charge < -0.3 is 10.1 Å². The van der Waals surface area contributed by atoms with Gasteiger partial charge in [0.25, 0.3) is 0 Å². The Morgan fingerprint density at radius 2 is 2.33 bits per heavy atom. The van der Waals surface area contributed by atoms with E-state index >= 15 is 0 Å². The van der Waals surface area contributed by atoms with Crippen LogP contribution >= 0.6 is 15.9 Å². The molecule has 0 bridgehead atoms. The highest BCUT2D eigenvalue weighted by Gasteiger charge is 2.22. The fraction of sp³-hybridized carbons (Fsp3) is 0.600. The zero-order valence-electron chi connectivity index (χ0n) is 11.2. The molecule has 0 aromatic heterocycles. The molecule has 1 aromatic rings. The molecular formula is C15H22BrNO. The van der Waals surface area contributed by atoms with Crippen LogP contribution in [0, 0.1) is 0 Å². The van der Waals surface area contributed by atoms with Crippen molar-refractivity contribution in [2.45, 2.75) is 51.3 Å². The highest BCUT2D eigenvalue weighted by atomic mass is 79.9. The van der Waals surface area contributed by atoms with Crippen LogP contribution in [0.4, 0.5) is 0 Å². The van der Waals surface area contributed by atoms with Crippen LogP contribution in [-0.2, 0) is 4.74 Å². The largest absolute Gasteiger partial charge is 0.378 e. The molecule has 1 fully saturated rings. The summed E-state index contributed by atoms with van der Waals surface area (Å²) in [4.78, 5) is 0. The molecule has 3 unspecified atom stereocenters. The normalized spacial score (nSPS) is 25.9. The first-order valence-electron chi connectivity index (χ1n) is 6.82. The molecule has 1 aliphatic heterocycles. The number of hydrogen-bond donors (Lipinski definition) is 1. The average Bonchev–Trinajstić information content (AvgIpc) is 2.39. The lowest BCUT2D eigenvalue weighted by Gasteiger charge is -2.32. The maximum absolute atomic E-state index is 5.72. The molecule has 1 heterocycles. The minimum absolute atomic E-state index is 0.392. The maximum Gasteiger partial charge on any atom is 0.0587 e. The quantitative estimate of drug-likeness (QED) is 0.905. The number of ether oxygens (including phenoxy) is 1. The smallest absolute Gasteiger partial charge is 0.0587 e. The average molecular weight is 312 g/mol. The van der Waals surface area contributed by atoms with Crippen LogP contribution in [0.15, 0.2) is 28.7 Å². The summed E-state index contributed by atoms with van der Waals surface area (Å²) in [6.45, 7) is 5.32. The van der Waals surface area contributed by atoms with Gasteiger partial charge in [-0.05, 0) is 43.9 Å². The Morgan fingerprint density at radius 3 is 3.06 bits per heavy atom. The number of rotatable bonds is 4. The summed E-state index contributed by atoms with van der Waals surface area (Å²) < 4.78 is 6.86. The van der Waals surface area contributed by atoms with Crippen LogP contribution in [-0.4, -0.2) is 18.8 Å². The van der Waals surface area contributed by atoms with Crippen LogP contribution in [0.2, 0.25) is 0 Å². The van der Waals surface area contributed by atoms with E-state index in [9.17, 15) is 0 Å². The van der Waals surface area contributed by atoms with E-state index in [1.54, 1.807) is 0 Å². The van der Waals surface area contributed by atoms with Crippen molar-refractivity contribution in [2.75, 3.05) is 6.61 Å². The van der Waals surface area contributed by atoms with Gasteiger partial charge >= 0.3 is 0 Å². The van der Waals surface area contributed by atoms with Gasteiger partial charge in [-0.2, -0.15) is 0 Å². The van der Waals surface area contributed by atoms with Crippen LogP contribution < -0.4 is 5.32 Å². The van der Waals surface area contributed by atoms with E-state index in [4.69, 9.17) is 4.74 Å². The fourth-order valence-corrected chi connectivity index (χ4v) is 2.96. The third kappa shape index (κ3) is 3.81. The van der Waals surface area contributed by atoms with Gasteiger partial charge in [0.1, 0.15) is 0 Å². The Bertz CT molecular complexity index is 383. The highest BCUT2D eigenvalue weighted by Crippen LogP contribution is 2.22. The standard InChI is InChI=1S/C15H22BrNO/c1-3-15-10-14(7-8-18-15)17-11(2)12-5-4-6-13(16)9-12/h4-6,9,11,14-15,17H,3,7-8,10H2,1-2H3. The van der Waals surface area contributed by atoms with Crippen molar-refractivity contribution >= 4 is 15.9 Å². The third-order valence-corrected chi connectivity index (χ3v) is 4.15. The molecule has 0 spiro atoms. The second kappa shape index (κ2) is 6.69. The van der Waals surface area contributed by atoms with E-state index in [1.165, 1.54) is 5.56 Å². The molecule has 3 atom stereocenters. The Hall–Kier alpha value is -0.380. The maximum atomic E-state index is 5.72. The summed E-state index contributed by atoms with van der Waals surface area (Å²) in [5.41, 5.74) is 1.34.